The number of nitrogens with zero attached hydrogens (tertiary/aromatic N) is 3. The fourth-order valence-corrected chi connectivity index (χ4v) is 3.79. The molecule has 0 atom stereocenters. The molecular formula is C20H32N4O. The number of nitrogens with one attached hydrogen (secondary N) is 1. The van der Waals surface area contributed by atoms with Crippen LogP contribution in [0.5, 0.6) is 0 Å². The van der Waals surface area contributed by atoms with Gasteiger partial charge in [0.2, 0.25) is 0 Å². The molecular weight excluding hydrogens is 312 g/mol. The summed E-state index contributed by atoms with van der Waals surface area (Å²) >= 11 is 0. The van der Waals surface area contributed by atoms with Crippen LogP contribution >= 0.6 is 0 Å². The van der Waals surface area contributed by atoms with Gasteiger partial charge in [0, 0.05) is 52.4 Å². The highest BCUT2D eigenvalue weighted by Crippen LogP contribution is 2.21. The average Bonchev–Trinajstić information content (AvgIpc) is 2.65. The highest BCUT2D eigenvalue weighted by Gasteiger charge is 2.23. The first kappa shape index (κ1) is 18.2. The van der Waals surface area contributed by atoms with Gasteiger partial charge < -0.3 is 15.1 Å². The molecule has 0 unspecified atom stereocenters. The molecule has 0 saturated carbocycles. The lowest BCUT2D eigenvalue weighted by atomic mass is 9.90. The van der Waals surface area contributed by atoms with E-state index in [1.54, 1.807) is 0 Å². The molecule has 3 rings (SSSR count). The van der Waals surface area contributed by atoms with Crippen molar-refractivity contribution >= 4 is 6.03 Å². The zero-order chi connectivity index (χ0) is 17.5. The third-order valence-corrected chi connectivity index (χ3v) is 5.57. The number of piperazine rings is 1. The van der Waals surface area contributed by atoms with Gasteiger partial charge in [0.15, 0.2) is 0 Å². The van der Waals surface area contributed by atoms with Crippen LogP contribution in [-0.4, -0.2) is 80.1 Å². The zero-order valence-electron chi connectivity index (χ0n) is 15.5. The number of carbonyl (C=O) groups excluding carboxylic acids is 1. The van der Waals surface area contributed by atoms with Gasteiger partial charge in [0.1, 0.15) is 0 Å². The molecule has 2 heterocycles. The summed E-state index contributed by atoms with van der Waals surface area (Å²) < 4.78 is 0. The van der Waals surface area contributed by atoms with Gasteiger partial charge in [0.25, 0.3) is 0 Å². The Bertz CT molecular complexity index is 520. The largest absolute Gasteiger partial charge is 0.337 e. The Labute approximate surface area is 152 Å². The second kappa shape index (κ2) is 9.20. The maximum Gasteiger partial charge on any atom is 0.317 e. The smallest absolute Gasteiger partial charge is 0.317 e. The SMILES string of the molecule is CN1CCN(CCNC(=O)N2CCC(Cc3ccccc3)CC2)CC1. The maximum absolute atomic E-state index is 12.3. The predicted octanol–water partition coefficient (Wildman–Crippen LogP) is 1.90. The standard InChI is InChI=1S/C20H32N4O/c1-22-13-15-23(16-14-22)12-9-21-20(25)24-10-7-19(8-11-24)17-18-5-3-2-4-6-18/h2-6,19H,7-17H2,1H3,(H,21,25). The topological polar surface area (TPSA) is 38.8 Å². The first-order chi connectivity index (χ1) is 12.2. The highest BCUT2D eigenvalue weighted by molar-refractivity contribution is 5.74. The van der Waals surface area contributed by atoms with Gasteiger partial charge in [-0.25, -0.2) is 4.79 Å². The summed E-state index contributed by atoms with van der Waals surface area (Å²) in [5.41, 5.74) is 1.41. The van der Waals surface area contributed by atoms with Crippen LogP contribution < -0.4 is 5.32 Å². The molecule has 0 spiro atoms. The minimum Gasteiger partial charge on any atom is -0.337 e. The van der Waals surface area contributed by atoms with E-state index in [0.717, 1.165) is 71.6 Å². The Morgan fingerprint density at radius 3 is 2.40 bits per heavy atom. The third kappa shape index (κ3) is 5.72. The monoisotopic (exact) mass is 344 g/mol. The summed E-state index contributed by atoms with van der Waals surface area (Å²) in [4.78, 5) is 19.1. The second-order valence-corrected chi connectivity index (χ2v) is 7.50. The zero-order valence-corrected chi connectivity index (χ0v) is 15.5. The van der Waals surface area contributed by atoms with Gasteiger partial charge in [0.05, 0.1) is 0 Å². The lowest BCUT2D eigenvalue weighted by molar-refractivity contribution is 0.149. The molecule has 2 aliphatic heterocycles. The van der Waals surface area contributed by atoms with Crippen LogP contribution in [0.1, 0.15) is 18.4 Å². The number of piperidine rings is 1. The van der Waals surface area contributed by atoms with E-state index >= 15 is 0 Å². The number of carbonyl (C=O) groups is 1. The summed E-state index contributed by atoms with van der Waals surface area (Å²) in [7, 11) is 2.17. The number of amides is 2. The van der Waals surface area contributed by atoms with Crippen molar-refractivity contribution in [1.82, 2.24) is 20.0 Å². The van der Waals surface area contributed by atoms with E-state index in [2.05, 4.69) is 52.5 Å². The first-order valence-electron chi connectivity index (χ1n) is 9.68. The fraction of sp³-hybridized carbons (Fsp3) is 0.650. The van der Waals surface area contributed by atoms with E-state index in [1.165, 1.54) is 5.56 Å². The minimum absolute atomic E-state index is 0.118. The number of likely N-dealkylation sites (tertiary alicyclic amines) is 1. The van der Waals surface area contributed by atoms with Crippen LogP contribution in [0, 0.1) is 5.92 Å². The predicted molar refractivity (Wildman–Crippen MR) is 102 cm³/mol. The van der Waals surface area contributed by atoms with Crippen molar-refractivity contribution in [2.45, 2.75) is 19.3 Å². The summed E-state index contributed by atoms with van der Waals surface area (Å²) in [6.45, 7) is 7.96. The molecule has 25 heavy (non-hydrogen) atoms. The van der Waals surface area contributed by atoms with E-state index in [4.69, 9.17) is 0 Å². The highest BCUT2D eigenvalue weighted by atomic mass is 16.2. The molecule has 0 aliphatic carbocycles. The minimum atomic E-state index is 0.118. The molecule has 5 heteroatoms. The molecule has 138 valence electrons. The number of hydrogen-bond acceptors (Lipinski definition) is 3. The van der Waals surface area contributed by atoms with Gasteiger partial charge in [-0.05, 0) is 37.8 Å². The summed E-state index contributed by atoms with van der Waals surface area (Å²) in [5, 5.41) is 3.11. The van der Waals surface area contributed by atoms with Crippen LogP contribution in [0.25, 0.3) is 0 Å². The van der Waals surface area contributed by atoms with Crippen molar-refractivity contribution in [3.8, 4) is 0 Å². The molecule has 1 aromatic rings. The number of urea groups is 1. The van der Waals surface area contributed by atoms with E-state index in [9.17, 15) is 4.79 Å². The van der Waals surface area contributed by atoms with Crippen molar-refractivity contribution in [3.63, 3.8) is 0 Å². The molecule has 0 bridgehead atoms. The molecule has 5 nitrogen and oxygen atoms in total. The Morgan fingerprint density at radius 2 is 1.72 bits per heavy atom. The van der Waals surface area contributed by atoms with Crippen molar-refractivity contribution < 1.29 is 4.79 Å². The van der Waals surface area contributed by atoms with Gasteiger partial charge in [-0.2, -0.15) is 0 Å². The van der Waals surface area contributed by atoms with E-state index < -0.39 is 0 Å². The summed E-state index contributed by atoms with van der Waals surface area (Å²) in [5.74, 6) is 0.705. The number of likely N-dealkylation sites (N-methyl/N-ethyl adjacent to an activating group) is 1. The Morgan fingerprint density at radius 1 is 1.04 bits per heavy atom. The lowest BCUT2D eigenvalue weighted by Gasteiger charge is -2.34. The number of rotatable bonds is 5. The van der Waals surface area contributed by atoms with Crippen molar-refractivity contribution in [2.24, 2.45) is 5.92 Å². The number of hydrogen-bond donors (Lipinski definition) is 1. The van der Waals surface area contributed by atoms with Gasteiger partial charge in [-0.3, -0.25) is 4.90 Å². The molecule has 2 amide bonds. The van der Waals surface area contributed by atoms with E-state index in [0.29, 0.717) is 5.92 Å². The third-order valence-electron chi connectivity index (χ3n) is 5.57. The Balaban J connectivity index is 1.31. The average molecular weight is 345 g/mol. The van der Waals surface area contributed by atoms with Gasteiger partial charge in [-0.1, -0.05) is 30.3 Å². The molecule has 2 saturated heterocycles. The van der Waals surface area contributed by atoms with Crippen LogP contribution in [-0.2, 0) is 6.42 Å². The fourth-order valence-electron chi connectivity index (χ4n) is 3.79. The Kier molecular flexibility index (Phi) is 6.70. The summed E-state index contributed by atoms with van der Waals surface area (Å²) in [6.07, 6.45) is 3.36. The van der Waals surface area contributed by atoms with Crippen molar-refractivity contribution in [1.29, 1.82) is 0 Å². The van der Waals surface area contributed by atoms with E-state index in [1.807, 2.05) is 4.90 Å². The van der Waals surface area contributed by atoms with Crippen LogP contribution in [0.15, 0.2) is 30.3 Å². The molecule has 2 fully saturated rings. The molecule has 2 aliphatic rings. The van der Waals surface area contributed by atoms with Gasteiger partial charge >= 0.3 is 6.03 Å². The van der Waals surface area contributed by atoms with Crippen LogP contribution in [0.4, 0.5) is 4.79 Å². The van der Waals surface area contributed by atoms with Crippen LogP contribution in [0.3, 0.4) is 0 Å². The van der Waals surface area contributed by atoms with Gasteiger partial charge in [-0.15, -0.1) is 0 Å². The van der Waals surface area contributed by atoms with Crippen molar-refractivity contribution in [2.75, 3.05) is 59.4 Å². The molecule has 0 aromatic heterocycles. The Hall–Kier alpha value is -1.59. The normalized spacial score (nSPS) is 20.6. The molecule has 0 radical (unpaired) electrons. The number of benzene rings is 1. The maximum atomic E-state index is 12.3. The van der Waals surface area contributed by atoms with Crippen molar-refractivity contribution in [3.05, 3.63) is 35.9 Å². The quantitative estimate of drug-likeness (QED) is 0.887. The lowest BCUT2D eigenvalue weighted by Crippen LogP contribution is -2.49. The van der Waals surface area contributed by atoms with Crippen LogP contribution in [0.2, 0.25) is 0 Å². The second-order valence-electron chi connectivity index (χ2n) is 7.50. The first-order valence-corrected chi connectivity index (χ1v) is 9.68. The summed E-state index contributed by atoms with van der Waals surface area (Å²) in [6, 6.07) is 10.8. The van der Waals surface area contributed by atoms with E-state index in [-0.39, 0.29) is 6.03 Å². The molecule has 1 aromatic carbocycles. The molecule has 1 N–H and O–H groups in total.